The van der Waals surface area contributed by atoms with Gasteiger partial charge in [-0.15, -0.1) is 0 Å². The van der Waals surface area contributed by atoms with E-state index in [1.807, 2.05) is 0 Å². The quantitative estimate of drug-likeness (QED) is 0.804. The van der Waals surface area contributed by atoms with E-state index >= 15 is 0 Å². The molecule has 21 heavy (non-hydrogen) atoms. The van der Waals surface area contributed by atoms with Gasteiger partial charge in [0, 0.05) is 13.1 Å². The van der Waals surface area contributed by atoms with Crippen LogP contribution in [0.5, 0.6) is 0 Å². The van der Waals surface area contributed by atoms with Crippen LogP contribution in [0.1, 0.15) is 55.9 Å². The highest BCUT2D eigenvalue weighted by Gasteiger charge is 2.16. The van der Waals surface area contributed by atoms with Gasteiger partial charge in [0.15, 0.2) is 0 Å². The molecule has 0 radical (unpaired) electrons. The highest BCUT2D eigenvalue weighted by atomic mass is 35.5. The van der Waals surface area contributed by atoms with Crippen molar-refractivity contribution in [3.05, 3.63) is 22.8 Å². The number of rotatable bonds is 7. The van der Waals surface area contributed by atoms with Crippen LogP contribution in [0.2, 0.25) is 5.02 Å². The summed E-state index contributed by atoms with van der Waals surface area (Å²) in [6.45, 7) is 3.62. The van der Waals surface area contributed by atoms with Gasteiger partial charge in [0.1, 0.15) is 11.5 Å². The molecule has 0 spiro atoms. The number of amides is 1. The van der Waals surface area contributed by atoms with Crippen LogP contribution in [0.4, 0.5) is 5.82 Å². The number of nitrogens with zero attached hydrogens (tertiary/aromatic N) is 1. The lowest BCUT2D eigenvalue weighted by Gasteiger charge is -2.11. The zero-order valence-electron chi connectivity index (χ0n) is 12.6. The molecule has 1 heterocycles. The van der Waals surface area contributed by atoms with Gasteiger partial charge < -0.3 is 10.6 Å². The average molecular weight is 310 g/mol. The van der Waals surface area contributed by atoms with Crippen molar-refractivity contribution in [1.82, 2.24) is 10.3 Å². The maximum Gasteiger partial charge on any atom is 0.271 e. The first kappa shape index (κ1) is 16.1. The summed E-state index contributed by atoms with van der Waals surface area (Å²) < 4.78 is 0. The molecule has 2 rings (SSSR count). The topological polar surface area (TPSA) is 54.0 Å². The Morgan fingerprint density at radius 2 is 2.10 bits per heavy atom. The Bertz CT molecular complexity index is 473. The van der Waals surface area contributed by atoms with Gasteiger partial charge in [-0.25, -0.2) is 4.98 Å². The average Bonchev–Trinajstić information content (AvgIpc) is 2.99. The third kappa shape index (κ3) is 4.88. The molecular formula is C16H24ClN3O. The van der Waals surface area contributed by atoms with Crippen molar-refractivity contribution >= 4 is 23.3 Å². The first-order chi connectivity index (χ1) is 10.2. The number of halogens is 1. The number of nitrogens with one attached hydrogen (secondary N) is 2. The molecule has 1 aromatic heterocycles. The summed E-state index contributed by atoms with van der Waals surface area (Å²) in [6.07, 6.45) is 7.31. The summed E-state index contributed by atoms with van der Waals surface area (Å²) in [5, 5.41) is 6.50. The van der Waals surface area contributed by atoms with Gasteiger partial charge in [-0.2, -0.15) is 0 Å². The molecule has 0 unspecified atom stereocenters. The Hall–Kier alpha value is -1.29. The van der Waals surface area contributed by atoms with E-state index in [1.54, 1.807) is 12.1 Å². The predicted molar refractivity (Wildman–Crippen MR) is 86.9 cm³/mol. The summed E-state index contributed by atoms with van der Waals surface area (Å²) in [5.41, 5.74) is 0.309. The first-order valence-electron chi connectivity index (χ1n) is 7.89. The highest BCUT2D eigenvalue weighted by molar-refractivity contribution is 6.33. The van der Waals surface area contributed by atoms with Crippen LogP contribution >= 0.6 is 11.6 Å². The Morgan fingerprint density at radius 1 is 1.33 bits per heavy atom. The van der Waals surface area contributed by atoms with Crippen molar-refractivity contribution in [1.29, 1.82) is 0 Å². The molecule has 4 nitrogen and oxygen atoms in total. The SMILES string of the molecule is CCCNc1ccc(Cl)c(C(=O)NCCC2CCCC2)n1. The van der Waals surface area contributed by atoms with Crippen molar-refractivity contribution < 1.29 is 4.79 Å². The van der Waals surface area contributed by atoms with Gasteiger partial charge in [-0.3, -0.25) is 4.79 Å². The zero-order valence-corrected chi connectivity index (χ0v) is 13.4. The summed E-state index contributed by atoms with van der Waals surface area (Å²) in [5.74, 6) is 1.28. The molecule has 1 aromatic rings. The number of hydrogen-bond donors (Lipinski definition) is 2. The molecule has 0 saturated heterocycles. The second-order valence-corrected chi connectivity index (χ2v) is 6.06. The standard InChI is InChI=1S/C16H24ClN3O/c1-2-10-18-14-8-7-13(17)15(20-14)16(21)19-11-9-12-5-3-4-6-12/h7-8,12H,2-6,9-11H2,1H3,(H,18,20)(H,19,21). The summed E-state index contributed by atoms with van der Waals surface area (Å²) in [6, 6.07) is 3.52. The normalized spacial score (nSPS) is 15.1. The summed E-state index contributed by atoms with van der Waals surface area (Å²) in [7, 11) is 0. The Labute approximate surface area is 131 Å². The molecule has 2 N–H and O–H groups in total. The van der Waals surface area contributed by atoms with E-state index in [4.69, 9.17) is 11.6 Å². The molecule has 1 saturated carbocycles. The lowest BCUT2D eigenvalue weighted by atomic mass is 10.0. The molecule has 0 aromatic carbocycles. The molecule has 1 fully saturated rings. The summed E-state index contributed by atoms with van der Waals surface area (Å²) >= 11 is 6.08. The molecule has 1 aliphatic carbocycles. The number of carbonyl (C=O) groups excluding carboxylic acids is 1. The van der Waals surface area contributed by atoms with Crippen molar-refractivity contribution in [3.8, 4) is 0 Å². The van der Waals surface area contributed by atoms with Gasteiger partial charge in [0.05, 0.1) is 5.02 Å². The predicted octanol–water partition coefficient (Wildman–Crippen LogP) is 3.87. The number of pyridine rings is 1. The van der Waals surface area contributed by atoms with E-state index in [2.05, 4.69) is 22.5 Å². The van der Waals surface area contributed by atoms with E-state index in [9.17, 15) is 4.79 Å². The molecular weight excluding hydrogens is 286 g/mol. The van der Waals surface area contributed by atoms with Crippen molar-refractivity contribution in [3.63, 3.8) is 0 Å². The maximum absolute atomic E-state index is 12.2. The first-order valence-corrected chi connectivity index (χ1v) is 8.27. The molecule has 5 heteroatoms. The van der Waals surface area contributed by atoms with Crippen LogP contribution in [-0.2, 0) is 0 Å². The van der Waals surface area contributed by atoms with Gasteiger partial charge in [0.25, 0.3) is 5.91 Å². The minimum atomic E-state index is -0.182. The highest BCUT2D eigenvalue weighted by Crippen LogP contribution is 2.27. The fraction of sp³-hybridized carbons (Fsp3) is 0.625. The number of anilines is 1. The molecule has 0 aliphatic heterocycles. The Kier molecular flexibility index (Phi) is 6.30. The maximum atomic E-state index is 12.2. The third-order valence-corrected chi connectivity index (χ3v) is 4.24. The van der Waals surface area contributed by atoms with E-state index in [-0.39, 0.29) is 5.91 Å². The van der Waals surface area contributed by atoms with Gasteiger partial charge in [0.2, 0.25) is 0 Å². The van der Waals surface area contributed by atoms with Crippen molar-refractivity contribution in [2.75, 3.05) is 18.4 Å². The number of aromatic nitrogens is 1. The van der Waals surface area contributed by atoms with E-state index in [0.29, 0.717) is 23.1 Å². The minimum Gasteiger partial charge on any atom is -0.370 e. The summed E-state index contributed by atoms with van der Waals surface area (Å²) in [4.78, 5) is 16.5. The Morgan fingerprint density at radius 3 is 2.81 bits per heavy atom. The van der Waals surface area contributed by atoms with Crippen LogP contribution in [0, 0.1) is 5.92 Å². The van der Waals surface area contributed by atoms with E-state index < -0.39 is 0 Å². The molecule has 0 atom stereocenters. The fourth-order valence-corrected chi connectivity index (χ4v) is 2.92. The monoisotopic (exact) mass is 309 g/mol. The Balaban J connectivity index is 1.87. The minimum absolute atomic E-state index is 0.182. The second-order valence-electron chi connectivity index (χ2n) is 5.65. The van der Waals surface area contributed by atoms with Crippen LogP contribution in [0.15, 0.2) is 12.1 Å². The number of hydrogen-bond acceptors (Lipinski definition) is 3. The number of carbonyl (C=O) groups is 1. The van der Waals surface area contributed by atoms with Crippen LogP contribution < -0.4 is 10.6 Å². The van der Waals surface area contributed by atoms with E-state index in [0.717, 1.165) is 25.3 Å². The molecule has 1 amide bonds. The van der Waals surface area contributed by atoms with Gasteiger partial charge >= 0.3 is 0 Å². The van der Waals surface area contributed by atoms with Crippen molar-refractivity contribution in [2.45, 2.75) is 45.4 Å². The van der Waals surface area contributed by atoms with Crippen LogP contribution in [-0.4, -0.2) is 24.0 Å². The third-order valence-electron chi connectivity index (χ3n) is 3.93. The molecule has 1 aliphatic rings. The van der Waals surface area contributed by atoms with Gasteiger partial charge in [-0.05, 0) is 30.9 Å². The largest absolute Gasteiger partial charge is 0.370 e. The molecule has 116 valence electrons. The fourth-order valence-electron chi connectivity index (χ4n) is 2.73. The zero-order chi connectivity index (χ0) is 15.1. The van der Waals surface area contributed by atoms with Crippen LogP contribution in [0.25, 0.3) is 0 Å². The van der Waals surface area contributed by atoms with Crippen LogP contribution in [0.3, 0.4) is 0 Å². The second kappa shape index (κ2) is 8.23. The molecule has 0 bridgehead atoms. The van der Waals surface area contributed by atoms with E-state index in [1.165, 1.54) is 25.7 Å². The lowest BCUT2D eigenvalue weighted by Crippen LogP contribution is -2.27. The van der Waals surface area contributed by atoms with Crippen molar-refractivity contribution in [2.24, 2.45) is 5.92 Å². The lowest BCUT2D eigenvalue weighted by molar-refractivity contribution is 0.0947. The van der Waals surface area contributed by atoms with Gasteiger partial charge in [-0.1, -0.05) is 44.2 Å². The smallest absolute Gasteiger partial charge is 0.271 e.